The van der Waals surface area contributed by atoms with E-state index < -0.39 is 6.03 Å². The molecule has 0 unspecified atom stereocenters. The fourth-order valence-corrected chi connectivity index (χ4v) is 3.60. The highest BCUT2D eigenvalue weighted by Crippen LogP contribution is 2.17. The summed E-state index contributed by atoms with van der Waals surface area (Å²) in [5.74, 6) is 0.626. The highest BCUT2D eigenvalue weighted by atomic mass is 19.1. The molecule has 1 aliphatic rings. The van der Waals surface area contributed by atoms with Crippen molar-refractivity contribution in [1.29, 1.82) is 0 Å². The van der Waals surface area contributed by atoms with Crippen molar-refractivity contribution in [2.24, 2.45) is 0 Å². The lowest BCUT2D eigenvalue weighted by atomic mass is 10.1. The number of nitrogens with zero attached hydrogens (tertiary/aromatic N) is 4. The monoisotopic (exact) mass is 466 g/mol. The Morgan fingerprint density at radius 1 is 1.00 bits per heavy atom. The number of benzene rings is 2. The molecule has 0 saturated carbocycles. The maximum absolute atomic E-state index is 12.9. The molecular weight excluding hydrogens is 439 g/mol. The molecule has 2 aromatic carbocycles. The molecule has 3 aromatic rings. The van der Waals surface area contributed by atoms with Crippen LogP contribution in [-0.4, -0.2) is 64.6 Å². The van der Waals surface area contributed by atoms with Crippen LogP contribution in [0.4, 0.5) is 9.18 Å². The predicted molar refractivity (Wildman–Crippen MR) is 123 cm³/mol. The molecule has 0 radical (unpaired) electrons. The Hall–Kier alpha value is -3.79. The third kappa shape index (κ3) is 6.38. The Morgan fingerprint density at radius 3 is 2.41 bits per heavy atom. The van der Waals surface area contributed by atoms with Gasteiger partial charge in [0, 0.05) is 38.3 Å². The molecule has 34 heavy (non-hydrogen) atoms. The number of hydrogen-bond donors (Lipinski definition) is 2. The molecule has 10 heteroatoms. The minimum Gasteiger partial charge on any atom is -0.339 e. The number of amides is 3. The summed E-state index contributed by atoms with van der Waals surface area (Å²) in [6.07, 6.45) is 0. The normalized spacial score (nSPS) is 14.1. The maximum atomic E-state index is 12.9. The van der Waals surface area contributed by atoms with Crippen LogP contribution in [0.3, 0.4) is 0 Å². The first-order chi connectivity index (χ1) is 16.5. The van der Waals surface area contributed by atoms with Gasteiger partial charge in [-0.3, -0.25) is 9.69 Å². The van der Waals surface area contributed by atoms with Crippen LogP contribution in [0.5, 0.6) is 0 Å². The average Bonchev–Trinajstić information content (AvgIpc) is 3.31. The lowest BCUT2D eigenvalue weighted by molar-refractivity contribution is -0.131. The molecule has 9 nitrogen and oxygen atoms in total. The Balaban J connectivity index is 1.16. The highest BCUT2D eigenvalue weighted by Gasteiger charge is 2.23. The molecule has 1 aliphatic heterocycles. The number of aryl methyl sites for hydroxylation is 1. The second kappa shape index (κ2) is 10.9. The lowest BCUT2D eigenvalue weighted by Crippen LogP contribution is -2.51. The molecule has 0 atom stereocenters. The van der Waals surface area contributed by atoms with Gasteiger partial charge in [0.1, 0.15) is 5.82 Å². The van der Waals surface area contributed by atoms with Gasteiger partial charge in [0.2, 0.25) is 17.6 Å². The fraction of sp³-hybridized carbons (Fsp3) is 0.333. The third-order valence-electron chi connectivity index (χ3n) is 5.63. The van der Waals surface area contributed by atoms with Crippen LogP contribution < -0.4 is 10.6 Å². The number of carbonyl (C=O) groups excluding carboxylic acids is 2. The summed E-state index contributed by atoms with van der Waals surface area (Å²) in [7, 11) is 0. The van der Waals surface area contributed by atoms with Gasteiger partial charge in [-0.05, 0) is 24.6 Å². The molecule has 2 N–H and O–H groups in total. The Kier molecular flexibility index (Phi) is 7.48. The van der Waals surface area contributed by atoms with Crippen LogP contribution in [0.1, 0.15) is 17.0 Å². The van der Waals surface area contributed by atoms with Crippen molar-refractivity contribution < 1.29 is 18.5 Å². The standard InChI is InChI=1S/C24H27FN6O3/c1-17-2-6-19(7-3-17)23-28-21(34-29-23)16-30-10-12-31(13-11-30)22(32)15-27-24(33)26-14-18-4-8-20(25)9-5-18/h2-9H,10-16H2,1H3,(H2,26,27,33). The van der Waals surface area contributed by atoms with E-state index in [1.54, 1.807) is 17.0 Å². The van der Waals surface area contributed by atoms with E-state index in [9.17, 15) is 14.0 Å². The van der Waals surface area contributed by atoms with Gasteiger partial charge >= 0.3 is 6.03 Å². The van der Waals surface area contributed by atoms with E-state index in [4.69, 9.17) is 4.52 Å². The number of piperazine rings is 1. The van der Waals surface area contributed by atoms with Crippen LogP contribution >= 0.6 is 0 Å². The van der Waals surface area contributed by atoms with Gasteiger partial charge in [-0.15, -0.1) is 0 Å². The molecule has 0 bridgehead atoms. The second-order valence-corrected chi connectivity index (χ2v) is 8.20. The zero-order valence-electron chi connectivity index (χ0n) is 19.0. The first-order valence-corrected chi connectivity index (χ1v) is 11.1. The molecular formula is C24H27FN6O3. The van der Waals surface area contributed by atoms with E-state index in [1.807, 2.05) is 31.2 Å². The fourth-order valence-electron chi connectivity index (χ4n) is 3.60. The summed E-state index contributed by atoms with van der Waals surface area (Å²) in [5, 5.41) is 9.29. The van der Waals surface area contributed by atoms with Crippen LogP contribution in [0.15, 0.2) is 53.1 Å². The zero-order valence-corrected chi connectivity index (χ0v) is 19.0. The maximum Gasteiger partial charge on any atom is 0.315 e. The van der Waals surface area contributed by atoms with Gasteiger partial charge in [-0.2, -0.15) is 4.98 Å². The average molecular weight is 467 g/mol. The SMILES string of the molecule is Cc1ccc(-c2noc(CN3CCN(C(=O)CNC(=O)NCc4ccc(F)cc4)CC3)n2)cc1. The number of urea groups is 1. The Bertz CT molecular complexity index is 1110. The molecule has 1 aromatic heterocycles. The van der Waals surface area contributed by atoms with Gasteiger partial charge in [0.15, 0.2) is 0 Å². The van der Waals surface area contributed by atoms with Crippen LogP contribution in [0, 0.1) is 12.7 Å². The van der Waals surface area contributed by atoms with Gasteiger partial charge in [-0.1, -0.05) is 47.1 Å². The molecule has 1 saturated heterocycles. The molecule has 2 heterocycles. The van der Waals surface area contributed by atoms with Crippen molar-refractivity contribution in [3.8, 4) is 11.4 Å². The lowest BCUT2D eigenvalue weighted by Gasteiger charge is -2.34. The highest BCUT2D eigenvalue weighted by molar-refractivity contribution is 5.84. The summed E-state index contributed by atoms with van der Waals surface area (Å²) >= 11 is 0. The van der Waals surface area contributed by atoms with E-state index in [0.717, 1.165) is 11.1 Å². The molecule has 0 spiro atoms. The minimum atomic E-state index is -0.447. The summed E-state index contributed by atoms with van der Waals surface area (Å²) in [5.41, 5.74) is 2.84. The van der Waals surface area contributed by atoms with Gasteiger partial charge < -0.3 is 20.1 Å². The molecule has 0 aliphatic carbocycles. The van der Waals surface area contributed by atoms with Crippen molar-refractivity contribution >= 4 is 11.9 Å². The number of carbonyl (C=O) groups is 2. The minimum absolute atomic E-state index is 0.0845. The molecule has 3 amide bonds. The van der Waals surface area contributed by atoms with Gasteiger partial charge in [0.25, 0.3) is 0 Å². The van der Waals surface area contributed by atoms with Crippen LogP contribution in [-0.2, 0) is 17.9 Å². The molecule has 1 fully saturated rings. The molecule has 4 rings (SSSR count). The summed E-state index contributed by atoms with van der Waals surface area (Å²) in [6, 6.07) is 13.3. The van der Waals surface area contributed by atoms with Gasteiger partial charge in [0.05, 0.1) is 13.1 Å². The van der Waals surface area contributed by atoms with E-state index in [1.165, 1.54) is 17.7 Å². The van der Waals surface area contributed by atoms with Crippen molar-refractivity contribution in [1.82, 2.24) is 30.6 Å². The summed E-state index contributed by atoms with van der Waals surface area (Å²) < 4.78 is 18.3. The smallest absolute Gasteiger partial charge is 0.315 e. The predicted octanol–water partition coefficient (Wildman–Crippen LogP) is 2.33. The Morgan fingerprint density at radius 2 is 1.71 bits per heavy atom. The Labute approximate surface area is 196 Å². The summed E-state index contributed by atoms with van der Waals surface area (Å²) in [4.78, 5) is 32.7. The first-order valence-electron chi connectivity index (χ1n) is 11.1. The van der Waals surface area contributed by atoms with E-state index >= 15 is 0 Å². The zero-order chi connectivity index (χ0) is 23.9. The number of hydrogen-bond acceptors (Lipinski definition) is 6. The topological polar surface area (TPSA) is 104 Å². The van der Waals surface area contributed by atoms with E-state index in [-0.39, 0.29) is 24.8 Å². The number of rotatable bonds is 7. The second-order valence-electron chi connectivity index (χ2n) is 8.20. The van der Waals surface area contributed by atoms with Crippen molar-refractivity contribution in [2.45, 2.75) is 20.0 Å². The van der Waals surface area contributed by atoms with Crippen molar-refractivity contribution in [3.63, 3.8) is 0 Å². The number of halogens is 1. The van der Waals surface area contributed by atoms with Crippen molar-refractivity contribution in [3.05, 3.63) is 71.4 Å². The van der Waals surface area contributed by atoms with E-state index in [2.05, 4.69) is 25.7 Å². The first kappa shape index (κ1) is 23.4. The molecule has 178 valence electrons. The van der Waals surface area contributed by atoms with Crippen LogP contribution in [0.25, 0.3) is 11.4 Å². The van der Waals surface area contributed by atoms with E-state index in [0.29, 0.717) is 44.4 Å². The largest absolute Gasteiger partial charge is 0.339 e. The number of nitrogens with one attached hydrogen (secondary N) is 2. The summed E-state index contributed by atoms with van der Waals surface area (Å²) in [6.45, 7) is 5.16. The van der Waals surface area contributed by atoms with Crippen molar-refractivity contribution in [2.75, 3.05) is 32.7 Å². The van der Waals surface area contributed by atoms with Crippen LogP contribution in [0.2, 0.25) is 0 Å². The quantitative estimate of drug-likeness (QED) is 0.554. The van der Waals surface area contributed by atoms with Gasteiger partial charge in [-0.25, -0.2) is 9.18 Å². The number of aromatic nitrogens is 2. The third-order valence-corrected chi connectivity index (χ3v) is 5.63.